The summed E-state index contributed by atoms with van der Waals surface area (Å²) < 4.78 is 5.84. The molecule has 4 nitrogen and oxygen atoms in total. The summed E-state index contributed by atoms with van der Waals surface area (Å²) in [6, 6.07) is 22.8. The molecule has 0 saturated heterocycles. The van der Waals surface area contributed by atoms with Crippen LogP contribution in [0.4, 0.5) is 0 Å². The Morgan fingerprint density at radius 1 is 0.966 bits per heavy atom. The zero-order valence-electron chi connectivity index (χ0n) is 16.5. The number of aromatic carboxylic acids is 1. The molecule has 0 aliphatic rings. The van der Waals surface area contributed by atoms with Gasteiger partial charge in [0.05, 0.1) is 6.61 Å². The molecule has 0 spiro atoms. The number of rotatable bonds is 8. The Morgan fingerprint density at radius 3 is 2.28 bits per heavy atom. The number of carbonyl (C=O) groups is 1. The van der Waals surface area contributed by atoms with Crippen molar-refractivity contribution in [2.24, 2.45) is 0 Å². The third-order valence-corrected chi connectivity index (χ3v) is 5.86. The van der Waals surface area contributed by atoms with Crippen molar-refractivity contribution in [3.8, 4) is 11.5 Å². The third kappa shape index (κ3) is 5.12. The van der Waals surface area contributed by atoms with Crippen molar-refractivity contribution >= 4 is 17.7 Å². The molecular formula is C24H24O4S. The van der Waals surface area contributed by atoms with Crippen LogP contribution in [-0.4, -0.2) is 28.5 Å². The van der Waals surface area contributed by atoms with E-state index in [1.165, 1.54) is 17.0 Å². The first kappa shape index (κ1) is 20.8. The smallest absolute Gasteiger partial charge is 0.339 e. The predicted molar refractivity (Wildman–Crippen MR) is 116 cm³/mol. The predicted octanol–water partition coefficient (Wildman–Crippen LogP) is 5.59. The van der Waals surface area contributed by atoms with E-state index in [-0.39, 0.29) is 11.3 Å². The second-order valence-corrected chi connectivity index (χ2v) is 8.36. The van der Waals surface area contributed by atoms with Crippen molar-refractivity contribution in [1.82, 2.24) is 0 Å². The Kier molecular flexibility index (Phi) is 6.49. The van der Waals surface area contributed by atoms with Crippen LogP contribution in [0.5, 0.6) is 11.5 Å². The minimum Gasteiger partial charge on any atom is -0.507 e. The first-order chi connectivity index (χ1) is 13.9. The Labute approximate surface area is 175 Å². The van der Waals surface area contributed by atoms with E-state index in [4.69, 9.17) is 4.74 Å². The molecule has 3 aromatic rings. The van der Waals surface area contributed by atoms with E-state index in [1.807, 2.05) is 56.3 Å². The molecule has 0 bridgehead atoms. The Morgan fingerprint density at radius 2 is 1.62 bits per heavy atom. The molecule has 2 N–H and O–H groups in total. The molecule has 29 heavy (non-hydrogen) atoms. The molecular weight excluding hydrogens is 384 g/mol. The summed E-state index contributed by atoms with van der Waals surface area (Å²) in [5.41, 5.74) is 1.34. The van der Waals surface area contributed by atoms with Gasteiger partial charge in [0.2, 0.25) is 0 Å². The number of ether oxygens (including phenoxy) is 1. The van der Waals surface area contributed by atoms with Crippen LogP contribution in [0.15, 0.2) is 77.7 Å². The van der Waals surface area contributed by atoms with Gasteiger partial charge in [-0.25, -0.2) is 4.79 Å². The highest BCUT2D eigenvalue weighted by Crippen LogP contribution is 2.34. The molecule has 3 rings (SSSR count). The van der Waals surface area contributed by atoms with Crippen molar-refractivity contribution in [2.45, 2.75) is 24.2 Å². The van der Waals surface area contributed by atoms with Crippen LogP contribution in [0.2, 0.25) is 0 Å². The van der Waals surface area contributed by atoms with Crippen molar-refractivity contribution in [3.63, 3.8) is 0 Å². The number of benzene rings is 3. The highest BCUT2D eigenvalue weighted by molar-refractivity contribution is 7.99. The van der Waals surface area contributed by atoms with E-state index in [0.717, 1.165) is 22.6 Å². The van der Waals surface area contributed by atoms with Crippen LogP contribution in [0, 0.1) is 0 Å². The first-order valence-electron chi connectivity index (χ1n) is 9.36. The largest absolute Gasteiger partial charge is 0.507 e. The maximum atomic E-state index is 11.3. The number of phenols is 1. The molecule has 0 amide bonds. The van der Waals surface area contributed by atoms with Gasteiger partial charge in [-0.15, -0.1) is 11.8 Å². The summed E-state index contributed by atoms with van der Waals surface area (Å²) in [5, 5.41) is 19.0. The zero-order chi connectivity index (χ0) is 20.9. The maximum absolute atomic E-state index is 11.3. The minimum absolute atomic E-state index is 0.0913. The monoisotopic (exact) mass is 408 g/mol. The van der Waals surface area contributed by atoms with Gasteiger partial charge < -0.3 is 14.9 Å². The van der Waals surface area contributed by atoms with Crippen molar-refractivity contribution < 1.29 is 19.7 Å². The summed E-state index contributed by atoms with van der Waals surface area (Å²) in [7, 11) is 0. The highest BCUT2D eigenvalue weighted by Gasteiger charge is 2.25. The number of hydrogen-bond acceptors (Lipinski definition) is 4. The van der Waals surface area contributed by atoms with Crippen LogP contribution < -0.4 is 4.74 Å². The fraction of sp³-hybridized carbons (Fsp3) is 0.208. The van der Waals surface area contributed by atoms with Gasteiger partial charge in [0, 0.05) is 16.1 Å². The van der Waals surface area contributed by atoms with Gasteiger partial charge in [-0.2, -0.15) is 0 Å². The maximum Gasteiger partial charge on any atom is 0.339 e. The minimum atomic E-state index is -1.14. The van der Waals surface area contributed by atoms with Crippen LogP contribution >= 0.6 is 11.8 Å². The first-order valence-corrected chi connectivity index (χ1v) is 10.3. The SMILES string of the molecule is CC(C)(c1ccc(OCCSc2ccccc2)cc1)c1ccc(O)c(C(=O)O)c1. The molecule has 0 aliphatic carbocycles. The average Bonchev–Trinajstić information content (AvgIpc) is 2.72. The third-order valence-electron chi connectivity index (χ3n) is 4.89. The van der Waals surface area contributed by atoms with Gasteiger partial charge in [0.15, 0.2) is 0 Å². The van der Waals surface area contributed by atoms with Crippen molar-refractivity contribution in [2.75, 3.05) is 12.4 Å². The zero-order valence-corrected chi connectivity index (χ0v) is 17.3. The Balaban J connectivity index is 1.64. The summed E-state index contributed by atoms with van der Waals surface area (Å²) in [6.07, 6.45) is 0. The molecule has 0 atom stereocenters. The van der Waals surface area contributed by atoms with Crippen LogP contribution in [0.25, 0.3) is 0 Å². The standard InChI is InChI=1S/C24H24O4S/c1-24(2,18-10-13-22(25)21(16-18)23(26)27)17-8-11-19(12-9-17)28-14-15-29-20-6-4-3-5-7-20/h3-13,16,25H,14-15H2,1-2H3,(H,26,27). The van der Waals surface area contributed by atoms with Crippen LogP contribution in [-0.2, 0) is 5.41 Å². The molecule has 3 aromatic carbocycles. The lowest BCUT2D eigenvalue weighted by Gasteiger charge is -2.27. The summed E-state index contributed by atoms with van der Waals surface area (Å²) in [5.74, 6) is 0.296. The summed E-state index contributed by atoms with van der Waals surface area (Å²) >= 11 is 1.76. The van der Waals surface area contributed by atoms with E-state index in [9.17, 15) is 15.0 Å². The molecule has 5 heteroatoms. The molecule has 0 aromatic heterocycles. The lowest BCUT2D eigenvalue weighted by atomic mass is 9.77. The van der Waals surface area contributed by atoms with Gasteiger partial charge in [-0.1, -0.05) is 50.2 Å². The van der Waals surface area contributed by atoms with E-state index in [2.05, 4.69) is 12.1 Å². The molecule has 0 fully saturated rings. The molecule has 0 unspecified atom stereocenters. The number of carboxylic acids is 1. The Bertz CT molecular complexity index is 966. The van der Waals surface area contributed by atoms with Gasteiger partial charge in [0.1, 0.15) is 17.1 Å². The van der Waals surface area contributed by atoms with E-state index in [0.29, 0.717) is 6.61 Å². The fourth-order valence-electron chi connectivity index (χ4n) is 3.07. The van der Waals surface area contributed by atoms with Gasteiger partial charge in [-0.3, -0.25) is 0 Å². The number of aromatic hydroxyl groups is 1. The number of hydrogen-bond donors (Lipinski definition) is 2. The number of carboxylic acid groups (broad SMARTS) is 1. The summed E-state index contributed by atoms with van der Waals surface area (Å²) in [4.78, 5) is 12.5. The topological polar surface area (TPSA) is 66.8 Å². The van der Waals surface area contributed by atoms with E-state index in [1.54, 1.807) is 17.8 Å². The molecule has 0 heterocycles. The fourth-order valence-corrected chi connectivity index (χ4v) is 3.82. The van der Waals surface area contributed by atoms with Crippen LogP contribution in [0.1, 0.15) is 35.3 Å². The number of thioether (sulfide) groups is 1. The molecule has 0 saturated carbocycles. The van der Waals surface area contributed by atoms with Crippen molar-refractivity contribution in [1.29, 1.82) is 0 Å². The molecule has 0 aliphatic heterocycles. The highest BCUT2D eigenvalue weighted by atomic mass is 32.2. The molecule has 0 radical (unpaired) electrons. The second kappa shape index (κ2) is 9.05. The lowest BCUT2D eigenvalue weighted by Crippen LogP contribution is -2.19. The van der Waals surface area contributed by atoms with Crippen molar-refractivity contribution in [3.05, 3.63) is 89.5 Å². The Hall–Kier alpha value is -2.92. The van der Waals surface area contributed by atoms with E-state index < -0.39 is 11.4 Å². The van der Waals surface area contributed by atoms with Gasteiger partial charge in [-0.05, 0) is 47.5 Å². The van der Waals surface area contributed by atoms with Crippen LogP contribution in [0.3, 0.4) is 0 Å². The van der Waals surface area contributed by atoms with Gasteiger partial charge >= 0.3 is 5.97 Å². The quantitative estimate of drug-likeness (QED) is 0.376. The average molecular weight is 409 g/mol. The molecule has 150 valence electrons. The normalized spacial score (nSPS) is 11.2. The van der Waals surface area contributed by atoms with Gasteiger partial charge in [0.25, 0.3) is 0 Å². The summed E-state index contributed by atoms with van der Waals surface area (Å²) in [6.45, 7) is 4.66. The lowest BCUT2D eigenvalue weighted by molar-refractivity contribution is 0.0693. The van der Waals surface area contributed by atoms with E-state index >= 15 is 0 Å². The second-order valence-electron chi connectivity index (χ2n) is 7.20.